The summed E-state index contributed by atoms with van der Waals surface area (Å²) in [5.74, 6) is 0.696. The van der Waals surface area contributed by atoms with Crippen LogP contribution in [0.4, 0.5) is 0 Å². The predicted molar refractivity (Wildman–Crippen MR) is 119 cm³/mol. The first-order valence-corrected chi connectivity index (χ1v) is 10.8. The van der Waals surface area contributed by atoms with Gasteiger partial charge in [-0.1, -0.05) is 19.1 Å². The third-order valence-corrected chi connectivity index (χ3v) is 5.97. The van der Waals surface area contributed by atoms with Gasteiger partial charge in [-0.25, -0.2) is 14.8 Å². The van der Waals surface area contributed by atoms with E-state index in [9.17, 15) is 14.4 Å². The van der Waals surface area contributed by atoms with E-state index in [1.807, 2.05) is 31.2 Å². The van der Waals surface area contributed by atoms with Crippen molar-refractivity contribution in [1.82, 2.24) is 24.4 Å². The van der Waals surface area contributed by atoms with Crippen LogP contribution >= 0.6 is 0 Å². The van der Waals surface area contributed by atoms with Gasteiger partial charge in [0, 0.05) is 31.7 Å². The van der Waals surface area contributed by atoms with E-state index in [2.05, 4.69) is 15.0 Å². The Balaban J connectivity index is 1.35. The zero-order chi connectivity index (χ0) is 22.2. The van der Waals surface area contributed by atoms with Crippen molar-refractivity contribution < 1.29 is 9.21 Å². The highest BCUT2D eigenvalue weighted by Gasteiger charge is 2.28. The molecule has 5 rings (SSSR count). The molecular formula is C23H23N5O4. The molecule has 0 atom stereocenters. The monoisotopic (exact) mass is 433 g/mol. The molecule has 1 saturated heterocycles. The molecule has 0 aliphatic carbocycles. The second kappa shape index (κ2) is 8.07. The number of aryl methyl sites for hydroxylation is 1. The Labute approximate surface area is 182 Å². The number of aromatic amines is 1. The number of oxazole rings is 1. The highest BCUT2D eigenvalue weighted by molar-refractivity contribution is 5.96. The highest BCUT2D eigenvalue weighted by Crippen LogP contribution is 2.30. The predicted octanol–water partition coefficient (Wildman–Crippen LogP) is 2.66. The maximum Gasteiger partial charge on any atom is 0.329 e. The number of nitrogens with one attached hydrogen (secondary N) is 1. The van der Waals surface area contributed by atoms with E-state index in [0.29, 0.717) is 36.7 Å². The average molecular weight is 433 g/mol. The molecule has 1 fully saturated rings. The van der Waals surface area contributed by atoms with Crippen molar-refractivity contribution in [2.24, 2.45) is 0 Å². The standard InChI is InChI=1S/C23H23N5O4/c1-2-9-28-19-16(20(29)26-23(28)31)12-15(13-24-19)22(30)27-10-7-14(8-11-27)21-25-17-5-3-4-6-18(17)32-21/h3-6,12-14H,2,7-11H2,1H3,(H,26,29,31). The number of hydrogen-bond donors (Lipinski definition) is 1. The SMILES string of the molecule is CCCn1c(=O)[nH]c(=O)c2cc(C(=O)N3CCC(c4nc5ccccc5o4)CC3)cnc21. The molecule has 4 heterocycles. The van der Waals surface area contributed by atoms with Crippen LogP contribution < -0.4 is 11.2 Å². The van der Waals surface area contributed by atoms with Gasteiger partial charge in [-0.15, -0.1) is 0 Å². The van der Waals surface area contributed by atoms with Crippen LogP contribution in [0.1, 0.15) is 48.4 Å². The number of H-pyrrole nitrogens is 1. The second-order valence-electron chi connectivity index (χ2n) is 8.09. The summed E-state index contributed by atoms with van der Waals surface area (Å²) >= 11 is 0. The number of aromatic nitrogens is 4. The minimum Gasteiger partial charge on any atom is -0.440 e. The first-order valence-electron chi connectivity index (χ1n) is 10.8. The Bertz CT molecular complexity index is 1390. The molecule has 32 heavy (non-hydrogen) atoms. The van der Waals surface area contributed by atoms with E-state index >= 15 is 0 Å². The number of pyridine rings is 1. The lowest BCUT2D eigenvalue weighted by atomic mass is 9.96. The normalized spacial score (nSPS) is 15.0. The number of amides is 1. The number of carbonyl (C=O) groups is 1. The number of carbonyl (C=O) groups excluding carboxylic acids is 1. The lowest BCUT2D eigenvalue weighted by molar-refractivity contribution is 0.0706. The van der Waals surface area contributed by atoms with Gasteiger partial charge < -0.3 is 9.32 Å². The van der Waals surface area contributed by atoms with Gasteiger partial charge in [0.25, 0.3) is 11.5 Å². The fourth-order valence-electron chi connectivity index (χ4n) is 4.29. The molecule has 1 aliphatic heterocycles. The van der Waals surface area contributed by atoms with E-state index in [4.69, 9.17) is 4.42 Å². The number of fused-ring (bicyclic) bond motifs is 2. The van der Waals surface area contributed by atoms with Crippen LogP contribution in [-0.4, -0.2) is 43.4 Å². The third kappa shape index (κ3) is 3.49. The quantitative estimate of drug-likeness (QED) is 0.529. The molecule has 9 nitrogen and oxygen atoms in total. The molecule has 4 aromatic rings. The minimum absolute atomic E-state index is 0.160. The number of para-hydroxylation sites is 2. The molecule has 1 aliphatic rings. The summed E-state index contributed by atoms with van der Waals surface area (Å²) in [4.78, 5) is 50.5. The van der Waals surface area contributed by atoms with Crippen molar-refractivity contribution in [3.63, 3.8) is 0 Å². The van der Waals surface area contributed by atoms with Gasteiger partial charge in [-0.2, -0.15) is 0 Å². The van der Waals surface area contributed by atoms with E-state index in [0.717, 1.165) is 30.4 Å². The van der Waals surface area contributed by atoms with Crippen LogP contribution in [-0.2, 0) is 6.54 Å². The Morgan fingerprint density at radius 2 is 2.00 bits per heavy atom. The summed E-state index contributed by atoms with van der Waals surface area (Å²) < 4.78 is 7.33. The largest absolute Gasteiger partial charge is 0.440 e. The zero-order valence-corrected chi connectivity index (χ0v) is 17.7. The number of rotatable bonds is 4. The summed E-state index contributed by atoms with van der Waals surface area (Å²) in [5, 5.41) is 0.241. The Morgan fingerprint density at radius 1 is 1.22 bits per heavy atom. The number of likely N-dealkylation sites (tertiary alicyclic amines) is 1. The fraction of sp³-hybridized carbons (Fsp3) is 0.348. The minimum atomic E-state index is -0.533. The number of piperidine rings is 1. The van der Waals surface area contributed by atoms with Gasteiger partial charge in [0.1, 0.15) is 11.2 Å². The number of hydrogen-bond acceptors (Lipinski definition) is 6. The lowest BCUT2D eigenvalue weighted by Crippen LogP contribution is -2.38. The molecule has 0 bridgehead atoms. The van der Waals surface area contributed by atoms with Gasteiger partial charge in [0.05, 0.1) is 10.9 Å². The molecule has 1 N–H and O–H groups in total. The number of nitrogens with zero attached hydrogens (tertiary/aromatic N) is 4. The van der Waals surface area contributed by atoms with Gasteiger partial charge in [-0.3, -0.25) is 19.1 Å². The highest BCUT2D eigenvalue weighted by atomic mass is 16.3. The maximum absolute atomic E-state index is 13.1. The van der Waals surface area contributed by atoms with Gasteiger partial charge in [-0.05, 0) is 37.5 Å². The average Bonchev–Trinajstić information content (AvgIpc) is 3.25. The number of benzene rings is 1. The van der Waals surface area contributed by atoms with Crippen molar-refractivity contribution in [2.45, 2.75) is 38.6 Å². The van der Waals surface area contributed by atoms with Crippen molar-refractivity contribution in [1.29, 1.82) is 0 Å². The molecule has 0 unspecified atom stereocenters. The van der Waals surface area contributed by atoms with Crippen molar-refractivity contribution in [3.8, 4) is 0 Å². The second-order valence-corrected chi connectivity index (χ2v) is 8.09. The summed E-state index contributed by atoms with van der Waals surface area (Å²) in [6, 6.07) is 9.21. The molecule has 3 aromatic heterocycles. The van der Waals surface area contributed by atoms with Gasteiger partial charge >= 0.3 is 5.69 Å². The summed E-state index contributed by atoms with van der Waals surface area (Å²) in [6.07, 6.45) is 3.66. The van der Waals surface area contributed by atoms with Crippen molar-refractivity contribution >= 4 is 28.0 Å². The van der Waals surface area contributed by atoms with Crippen LogP contribution in [0.5, 0.6) is 0 Å². The first kappa shape index (κ1) is 20.2. The lowest BCUT2D eigenvalue weighted by Gasteiger charge is -2.30. The molecule has 164 valence electrons. The maximum atomic E-state index is 13.1. The van der Waals surface area contributed by atoms with Crippen LogP contribution in [0.15, 0.2) is 50.5 Å². The molecule has 0 saturated carbocycles. The molecule has 9 heteroatoms. The molecule has 1 aromatic carbocycles. The van der Waals surface area contributed by atoms with E-state index < -0.39 is 11.2 Å². The van der Waals surface area contributed by atoms with E-state index in [1.54, 1.807) is 4.90 Å². The van der Waals surface area contributed by atoms with Crippen molar-refractivity contribution in [3.05, 3.63) is 68.8 Å². The smallest absolute Gasteiger partial charge is 0.329 e. The topological polar surface area (TPSA) is 114 Å². The van der Waals surface area contributed by atoms with Crippen LogP contribution in [0, 0.1) is 0 Å². The first-order chi connectivity index (χ1) is 15.5. The molecule has 1 amide bonds. The van der Waals surface area contributed by atoms with E-state index in [1.165, 1.54) is 16.8 Å². The van der Waals surface area contributed by atoms with Gasteiger partial charge in [0.2, 0.25) is 0 Å². The molecule has 0 radical (unpaired) electrons. The fourth-order valence-corrected chi connectivity index (χ4v) is 4.29. The van der Waals surface area contributed by atoms with Crippen LogP contribution in [0.25, 0.3) is 22.1 Å². The summed E-state index contributed by atoms with van der Waals surface area (Å²) in [7, 11) is 0. The third-order valence-electron chi connectivity index (χ3n) is 5.97. The Hall–Kier alpha value is -3.75. The van der Waals surface area contributed by atoms with Crippen LogP contribution in [0.3, 0.4) is 0 Å². The Kier molecular flexibility index (Phi) is 5.08. The molecule has 0 spiro atoms. The zero-order valence-electron chi connectivity index (χ0n) is 17.7. The van der Waals surface area contributed by atoms with Gasteiger partial charge in [0.15, 0.2) is 11.5 Å². The molecular weight excluding hydrogens is 410 g/mol. The van der Waals surface area contributed by atoms with Crippen molar-refractivity contribution in [2.75, 3.05) is 13.1 Å². The van der Waals surface area contributed by atoms with E-state index in [-0.39, 0.29) is 17.2 Å². The summed E-state index contributed by atoms with van der Waals surface area (Å²) in [5.41, 5.74) is 1.23. The van der Waals surface area contributed by atoms with Crippen LogP contribution in [0.2, 0.25) is 0 Å². The summed E-state index contributed by atoms with van der Waals surface area (Å²) in [6.45, 7) is 3.50. The Morgan fingerprint density at radius 3 is 2.75 bits per heavy atom.